The van der Waals surface area contributed by atoms with Crippen molar-refractivity contribution in [1.82, 2.24) is 19.5 Å². The summed E-state index contributed by atoms with van der Waals surface area (Å²) in [7, 11) is 1.88. The second-order valence-corrected chi connectivity index (χ2v) is 7.65. The molecule has 30 heavy (non-hydrogen) atoms. The van der Waals surface area contributed by atoms with Crippen molar-refractivity contribution in [3.63, 3.8) is 0 Å². The number of aromatic nitrogens is 4. The Morgan fingerprint density at radius 3 is 2.60 bits per heavy atom. The molecule has 1 fully saturated rings. The van der Waals surface area contributed by atoms with E-state index >= 15 is 0 Å². The molecule has 10 nitrogen and oxygen atoms in total. The van der Waals surface area contributed by atoms with Crippen molar-refractivity contribution in [3.05, 3.63) is 42.2 Å². The van der Waals surface area contributed by atoms with Crippen molar-refractivity contribution in [1.29, 1.82) is 0 Å². The van der Waals surface area contributed by atoms with E-state index in [1.165, 1.54) is 16.5 Å². The minimum atomic E-state index is -1.24. The molecule has 1 aliphatic rings. The van der Waals surface area contributed by atoms with Gasteiger partial charge in [0.05, 0.1) is 12.9 Å². The monoisotopic (exact) mass is 414 g/mol. The van der Waals surface area contributed by atoms with Gasteiger partial charge in [-0.25, -0.2) is 4.98 Å². The Balaban J connectivity index is 1.64. The van der Waals surface area contributed by atoms with E-state index in [1.807, 2.05) is 30.1 Å². The van der Waals surface area contributed by atoms with E-state index in [-0.39, 0.29) is 11.7 Å². The molecule has 5 N–H and O–H groups in total. The molecule has 5 atom stereocenters. The number of likely N-dealkylation sites (N-methyl/N-ethyl adjacent to an activating group) is 1. The zero-order valence-corrected chi connectivity index (χ0v) is 16.8. The van der Waals surface area contributed by atoms with Gasteiger partial charge in [-0.2, -0.15) is 9.97 Å². The van der Waals surface area contributed by atoms with E-state index in [9.17, 15) is 15.3 Å². The number of benzene rings is 1. The van der Waals surface area contributed by atoms with E-state index in [0.717, 1.165) is 0 Å². The molecule has 0 amide bonds. The first-order valence-corrected chi connectivity index (χ1v) is 9.79. The lowest BCUT2D eigenvalue weighted by Crippen LogP contribution is -2.33. The normalized spacial score (nSPS) is 25.0. The standard InChI is InChI=1S/C20H26N6O4/c1-11(12-6-4-3-5-7-12)8-25(2)20-23-17(21)14-18(24-20)26(10-22-14)19-16(29)15(28)13(9-27)30-19/h3-7,10-11,13,15-16,19,27-29H,8-9H2,1-2H3,(H2,21,23,24)/t11?,13-,15?,16?,19-/m1/s1. The lowest BCUT2D eigenvalue weighted by molar-refractivity contribution is -0.0511. The molecule has 0 saturated carbocycles. The number of hydrogen-bond donors (Lipinski definition) is 4. The van der Waals surface area contributed by atoms with Crippen LogP contribution in [0.25, 0.3) is 11.2 Å². The van der Waals surface area contributed by atoms with Crippen molar-refractivity contribution in [2.24, 2.45) is 0 Å². The Bertz CT molecular complexity index is 1010. The predicted molar refractivity (Wildman–Crippen MR) is 111 cm³/mol. The minimum absolute atomic E-state index is 0.208. The number of anilines is 2. The summed E-state index contributed by atoms with van der Waals surface area (Å²) in [6.07, 6.45) is -2.86. The fraction of sp³-hybridized carbons (Fsp3) is 0.450. The van der Waals surface area contributed by atoms with Crippen molar-refractivity contribution < 1.29 is 20.1 Å². The molecule has 1 aromatic carbocycles. The van der Waals surface area contributed by atoms with Crippen LogP contribution in [0.3, 0.4) is 0 Å². The SMILES string of the molecule is CC(CN(C)c1nc(N)c2ncn([C@@H]3O[C@H](CO)C(O)C3O)c2n1)c1ccccc1. The Hall–Kier alpha value is -2.79. The third-order valence-corrected chi connectivity index (χ3v) is 5.49. The molecule has 3 aromatic rings. The average molecular weight is 414 g/mol. The van der Waals surface area contributed by atoms with E-state index < -0.39 is 31.1 Å². The quantitative estimate of drug-likeness (QED) is 0.446. The highest BCUT2D eigenvalue weighted by Gasteiger charge is 2.44. The zero-order chi connectivity index (χ0) is 21.4. The van der Waals surface area contributed by atoms with Crippen LogP contribution in [0, 0.1) is 0 Å². The number of rotatable bonds is 6. The molecule has 3 unspecified atom stereocenters. The first kappa shape index (κ1) is 20.5. The molecule has 3 heterocycles. The topological polar surface area (TPSA) is 143 Å². The highest BCUT2D eigenvalue weighted by atomic mass is 16.6. The van der Waals surface area contributed by atoms with E-state index in [4.69, 9.17) is 10.5 Å². The van der Waals surface area contributed by atoms with Crippen LogP contribution in [0.15, 0.2) is 36.7 Å². The zero-order valence-electron chi connectivity index (χ0n) is 16.8. The molecule has 0 bridgehead atoms. The van der Waals surface area contributed by atoms with Crippen molar-refractivity contribution in [2.75, 3.05) is 30.8 Å². The van der Waals surface area contributed by atoms with Gasteiger partial charge in [-0.3, -0.25) is 4.57 Å². The fourth-order valence-electron chi connectivity index (χ4n) is 3.77. The summed E-state index contributed by atoms with van der Waals surface area (Å²) < 4.78 is 7.12. The number of imidazole rings is 1. The highest BCUT2D eigenvalue weighted by molar-refractivity contribution is 5.83. The summed E-state index contributed by atoms with van der Waals surface area (Å²) in [4.78, 5) is 15.1. The molecule has 0 radical (unpaired) electrons. The number of fused-ring (bicyclic) bond motifs is 1. The molecule has 2 aromatic heterocycles. The van der Waals surface area contributed by atoms with Crippen LogP contribution in [0.2, 0.25) is 0 Å². The molecule has 0 spiro atoms. The van der Waals surface area contributed by atoms with E-state index in [0.29, 0.717) is 23.7 Å². The third kappa shape index (κ3) is 3.58. The number of aliphatic hydroxyl groups is 3. The summed E-state index contributed by atoms with van der Waals surface area (Å²) in [5, 5.41) is 29.8. The Labute approximate surface area is 173 Å². The predicted octanol–water partition coefficient (Wildman–Crippen LogP) is 0.260. The maximum atomic E-state index is 10.4. The van der Waals surface area contributed by atoms with E-state index in [2.05, 4.69) is 34.0 Å². The lowest BCUT2D eigenvalue weighted by atomic mass is 10.0. The Kier molecular flexibility index (Phi) is 5.56. The van der Waals surface area contributed by atoms with Crippen LogP contribution in [-0.2, 0) is 4.74 Å². The van der Waals surface area contributed by atoms with E-state index in [1.54, 1.807) is 0 Å². The van der Waals surface area contributed by atoms with Crippen LogP contribution < -0.4 is 10.6 Å². The molecule has 1 saturated heterocycles. The number of nitrogen functional groups attached to an aromatic ring is 1. The van der Waals surface area contributed by atoms with Crippen LogP contribution in [0.4, 0.5) is 11.8 Å². The summed E-state index contributed by atoms with van der Waals surface area (Å²) in [6, 6.07) is 10.1. The second kappa shape index (κ2) is 8.15. The van der Waals surface area contributed by atoms with Crippen LogP contribution in [-0.4, -0.2) is 73.3 Å². The molecule has 4 rings (SSSR count). The van der Waals surface area contributed by atoms with Gasteiger partial charge in [0, 0.05) is 13.6 Å². The van der Waals surface area contributed by atoms with Gasteiger partial charge in [-0.05, 0) is 11.5 Å². The Morgan fingerprint density at radius 2 is 1.93 bits per heavy atom. The molecular formula is C20H26N6O4. The lowest BCUT2D eigenvalue weighted by Gasteiger charge is -2.22. The van der Waals surface area contributed by atoms with Gasteiger partial charge in [0.25, 0.3) is 0 Å². The smallest absolute Gasteiger partial charge is 0.229 e. The summed E-state index contributed by atoms with van der Waals surface area (Å²) in [6.45, 7) is 2.37. The summed E-state index contributed by atoms with van der Waals surface area (Å²) in [5.41, 5.74) is 8.08. The first-order chi connectivity index (χ1) is 14.4. The molecule has 0 aliphatic carbocycles. The maximum absolute atomic E-state index is 10.4. The molecule has 10 heteroatoms. The minimum Gasteiger partial charge on any atom is -0.394 e. The molecular weight excluding hydrogens is 388 g/mol. The number of aliphatic hydroxyl groups excluding tert-OH is 3. The fourth-order valence-corrected chi connectivity index (χ4v) is 3.77. The van der Waals surface area contributed by atoms with Gasteiger partial charge in [-0.1, -0.05) is 37.3 Å². The van der Waals surface area contributed by atoms with Gasteiger partial charge in [0.15, 0.2) is 17.7 Å². The number of hydrogen-bond acceptors (Lipinski definition) is 9. The molecule has 1 aliphatic heterocycles. The molecule has 160 valence electrons. The van der Waals surface area contributed by atoms with Crippen LogP contribution in [0.5, 0.6) is 0 Å². The number of nitrogens with zero attached hydrogens (tertiary/aromatic N) is 5. The van der Waals surface area contributed by atoms with Crippen molar-refractivity contribution in [3.8, 4) is 0 Å². The summed E-state index contributed by atoms with van der Waals surface area (Å²) >= 11 is 0. The number of ether oxygens (including phenoxy) is 1. The van der Waals surface area contributed by atoms with Crippen molar-refractivity contribution in [2.45, 2.75) is 37.4 Å². The van der Waals surface area contributed by atoms with Crippen molar-refractivity contribution >= 4 is 22.9 Å². The van der Waals surface area contributed by atoms with Gasteiger partial charge in [0.2, 0.25) is 5.95 Å². The third-order valence-electron chi connectivity index (χ3n) is 5.49. The van der Waals surface area contributed by atoms with Gasteiger partial charge >= 0.3 is 0 Å². The Morgan fingerprint density at radius 1 is 1.20 bits per heavy atom. The highest BCUT2D eigenvalue weighted by Crippen LogP contribution is 2.32. The maximum Gasteiger partial charge on any atom is 0.229 e. The largest absolute Gasteiger partial charge is 0.394 e. The second-order valence-electron chi connectivity index (χ2n) is 7.65. The van der Waals surface area contributed by atoms with Crippen LogP contribution in [0.1, 0.15) is 24.6 Å². The average Bonchev–Trinajstić information content (AvgIpc) is 3.30. The van der Waals surface area contributed by atoms with Gasteiger partial charge in [-0.15, -0.1) is 0 Å². The first-order valence-electron chi connectivity index (χ1n) is 9.79. The van der Waals surface area contributed by atoms with Gasteiger partial charge < -0.3 is 30.7 Å². The van der Waals surface area contributed by atoms with Crippen LogP contribution >= 0.6 is 0 Å². The number of nitrogens with two attached hydrogens (primary N) is 1. The van der Waals surface area contributed by atoms with Gasteiger partial charge in [0.1, 0.15) is 23.8 Å². The summed E-state index contributed by atoms with van der Waals surface area (Å²) in [5.74, 6) is 0.859.